The monoisotopic (exact) mass is 232 g/mol. The van der Waals surface area contributed by atoms with E-state index in [9.17, 15) is 9.59 Å². The number of nitrogens with one attached hydrogen (secondary N) is 2. The van der Waals surface area contributed by atoms with Crippen LogP contribution in [0.5, 0.6) is 0 Å². The van der Waals surface area contributed by atoms with Gasteiger partial charge in [0.15, 0.2) is 0 Å². The Balaban J connectivity index is 2.41. The van der Waals surface area contributed by atoms with Gasteiger partial charge < -0.3 is 15.4 Å². The zero-order chi connectivity index (χ0) is 11.6. The van der Waals surface area contributed by atoms with Crippen LogP contribution < -0.4 is 10.6 Å². The third-order valence-electron chi connectivity index (χ3n) is 1.88. The lowest BCUT2D eigenvalue weighted by molar-refractivity contribution is -0.131. The predicted molar refractivity (Wildman–Crippen MR) is 58.9 cm³/mol. The molecule has 0 aromatic heterocycles. The summed E-state index contributed by atoms with van der Waals surface area (Å²) in [4.78, 5) is 22.4. The molecule has 0 saturated carbocycles. The third-order valence-corrected chi connectivity index (χ3v) is 2.27. The molecule has 1 fully saturated rings. The first-order chi connectivity index (χ1) is 6.83. The second kappa shape index (κ2) is 4.30. The van der Waals surface area contributed by atoms with Crippen LogP contribution in [0.4, 0.5) is 4.79 Å². The number of carbonyl (C=O) groups excluding carboxylic acids is 2. The van der Waals surface area contributed by atoms with E-state index in [0.29, 0.717) is 5.75 Å². The highest BCUT2D eigenvalue weighted by atomic mass is 32.1. The summed E-state index contributed by atoms with van der Waals surface area (Å²) >= 11 is 4.05. The zero-order valence-electron chi connectivity index (χ0n) is 9.03. The van der Waals surface area contributed by atoms with Gasteiger partial charge in [-0.15, -0.1) is 0 Å². The number of ether oxygens (including phenoxy) is 1. The quantitative estimate of drug-likeness (QED) is 0.474. The maximum atomic E-state index is 11.3. The standard InChI is InChI=1S/C9H16N2O3S/c1-9(2,3)14-8(13)11-6-5(4-15)10-7(6)12/h5-6,15H,4H2,1-3H3,(H,10,12)(H,11,13)/t5-,6+/m1/s1. The van der Waals surface area contributed by atoms with Crippen molar-refractivity contribution in [2.75, 3.05) is 5.75 Å². The van der Waals surface area contributed by atoms with Gasteiger partial charge in [0.2, 0.25) is 5.91 Å². The van der Waals surface area contributed by atoms with Crippen molar-refractivity contribution in [3.8, 4) is 0 Å². The fourth-order valence-corrected chi connectivity index (χ4v) is 1.50. The summed E-state index contributed by atoms with van der Waals surface area (Å²) in [5, 5.41) is 5.13. The van der Waals surface area contributed by atoms with Crippen LogP contribution in [0.3, 0.4) is 0 Å². The second-order valence-electron chi connectivity index (χ2n) is 4.42. The topological polar surface area (TPSA) is 67.4 Å². The average molecular weight is 232 g/mol. The number of amides is 2. The molecule has 2 amide bonds. The van der Waals surface area contributed by atoms with Gasteiger partial charge in [-0.1, -0.05) is 0 Å². The van der Waals surface area contributed by atoms with Crippen molar-refractivity contribution >= 4 is 24.6 Å². The molecule has 1 rings (SSSR count). The molecule has 2 N–H and O–H groups in total. The summed E-state index contributed by atoms with van der Waals surface area (Å²) in [7, 11) is 0. The Kier molecular flexibility index (Phi) is 3.49. The fourth-order valence-electron chi connectivity index (χ4n) is 1.19. The van der Waals surface area contributed by atoms with E-state index in [-0.39, 0.29) is 11.9 Å². The number of alkyl carbamates (subject to hydrolysis) is 1. The molecule has 6 heteroatoms. The minimum atomic E-state index is -0.575. The molecule has 0 aromatic rings. The Hall–Kier alpha value is -0.910. The maximum Gasteiger partial charge on any atom is 0.408 e. The largest absolute Gasteiger partial charge is 0.444 e. The van der Waals surface area contributed by atoms with E-state index < -0.39 is 17.7 Å². The summed E-state index contributed by atoms with van der Waals surface area (Å²) in [6.45, 7) is 5.30. The average Bonchev–Trinajstić information content (AvgIpc) is 2.07. The molecule has 1 saturated heterocycles. The zero-order valence-corrected chi connectivity index (χ0v) is 9.93. The molecule has 5 nitrogen and oxygen atoms in total. The van der Waals surface area contributed by atoms with E-state index in [0.717, 1.165) is 0 Å². The third kappa shape index (κ3) is 3.30. The van der Waals surface area contributed by atoms with E-state index in [4.69, 9.17) is 4.74 Å². The molecule has 0 bridgehead atoms. The maximum absolute atomic E-state index is 11.3. The molecule has 1 aliphatic rings. The Morgan fingerprint density at radius 1 is 1.60 bits per heavy atom. The van der Waals surface area contributed by atoms with E-state index in [2.05, 4.69) is 23.3 Å². The summed E-state index contributed by atoms with van der Waals surface area (Å²) in [6.07, 6.45) is -0.575. The van der Waals surface area contributed by atoms with E-state index in [1.54, 1.807) is 20.8 Å². The molecule has 86 valence electrons. The van der Waals surface area contributed by atoms with Crippen LogP contribution in [-0.2, 0) is 9.53 Å². The molecular weight excluding hydrogens is 216 g/mol. The molecule has 1 aliphatic heterocycles. The lowest BCUT2D eigenvalue weighted by Gasteiger charge is -2.36. The summed E-state index contributed by atoms with van der Waals surface area (Å²) < 4.78 is 5.03. The minimum Gasteiger partial charge on any atom is -0.444 e. The van der Waals surface area contributed by atoms with Gasteiger partial charge >= 0.3 is 6.09 Å². The number of thiol groups is 1. The predicted octanol–water partition coefficient (Wildman–Crippen LogP) is 0.308. The van der Waals surface area contributed by atoms with Gasteiger partial charge in [-0.05, 0) is 20.8 Å². The molecule has 0 spiro atoms. The van der Waals surface area contributed by atoms with E-state index >= 15 is 0 Å². The summed E-state index contributed by atoms with van der Waals surface area (Å²) in [5.41, 5.74) is -0.555. The molecule has 0 unspecified atom stereocenters. The molecular formula is C9H16N2O3S. The number of carbonyl (C=O) groups is 2. The first-order valence-electron chi connectivity index (χ1n) is 4.74. The van der Waals surface area contributed by atoms with Crippen LogP contribution in [-0.4, -0.2) is 35.4 Å². The summed E-state index contributed by atoms with van der Waals surface area (Å²) in [6, 6.07) is -0.620. The van der Waals surface area contributed by atoms with Crippen LogP contribution in [0.1, 0.15) is 20.8 Å². The van der Waals surface area contributed by atoms with E-state index in [1.807, 2.05) is 0 Å². The van der Waals surface area contributed by atoms with Crippen LogP contribution >= 0.6 is 12.6 Å². The Labute approximate surface area is 94.3 Å². The van der Waals surface area contributed by atoms with Crippen molar-refractivity contribution in [1.82, 2.24) is 10.6 Å². The van der Waals surface area contributed by atoms with Crippen LogP contribution in [0, 0.1) is 0 Å². The van der Waals surface area contributed by atoms with Gasteiger partial charge in [-0.25, -0.2) is 4.79 Å². The van der Waals surface area contributed by atoms with Crippen LogP contribution in [0.25, 0.3) is 0 Å². The SMILES string of the molecule is CC(C)(C)OC(=O)N[C@@H]1C(=O)N[C@@H]1CS. The lowest BCUT2D eigenvalue weighted by Crippen LogP contribution is -2.70. The summed E-state index contributed by atoms with van der Waals surface area (Å²) in [5.74, 6) is 0.298. The van der Waals surface area contributed by atoms with Crippen LogP contribution in [0.15, 0.2) is 0 Å². The Bertz CT molecular complexity index is 275. The Morgan fingerprint density at radius 2 is 2.20 bits per heavy atom. The van der Waals surface area contributed by atoms with Crippen molar-refractivity contribution < 1.29 is 14.3 Å². The van der Waals surface area contributed by atoms with Gasteiger partial charge in [0.1, 0.15) is 11.6 Å². The number of rotatable bonds is 2. The molecule has 15 heavy (non-hydrogen) atoms. The van der Waals surface area contributed by atoms with Gasteiger partial charge in [-0.3, -0.25) is 4.79 Å². The number of β-lactam (4-membered cyclic amide) rings is 1. The van der Waals surface area contributed by atoms with Gasteiger partial charge in [-0.2, -0.15) is 12.6 Å². The second-order valence-corrected chi connectivity index (χ2v) is 4.79. The smallest absolute Gasteiger partial charge is 0.408 e. The van der Waals surface area contributed by atoms with Crippen molar-refractivity contribution in [3.05, 3.63) is 0 Å². The van der Waals surface area contributed by atoms with Crippen molar-refractivity contribution in [1.29, 1.82) is 0 Å². The highest BCUT2D eigenvalue weighted by Gasteiger charge is 2.40. The molecule has 0 radical (unpaired) electrons. The van der Waals surface area contributed by atoms with Crippen LogP contribution in [0.2, 0.25) is 0 Å². The fraction of sp³-hybridized carbons (Fsp3) is 0.778. The highest BCUT2D eigenvalue weighted by Crippen LogP contribution is 2.11. The molecule has 1 heterocycles. The molecule has 0 aromatic carbocycles. The van der Waals surface area contributed by atoms with Gasteiger partial charge in [0.25, 0.3) is 0 Å². The first kappa shape index (κ1) is 12.2. The van der Waals surface area contributed by atoms with Gasteiger partial charge in [0, 0.05) is 5.75 Å². The first-order valence-corrected chi connectivity index (χ1v) is 5.37. The normalized spacial score (nSPS) is 25.2. The lowest BCUT2D eigenvalue weighted by atomic mass is 10.0. The Morgan fingerprint density at radius 3 is 2.60 bits per heavy atom. The number of hydrogen-bond acceptors (Lipinski definition) is 4. The van der Waals surface area contributed by atoms with Gasteiger partial charge in [0.05, 0.1) is 6.04 Å². The molecule has 0 aliphatic carbocycles. The van der Waals surface area contributed by atoms with Crippen molar-refractivity contribution in [3.63, 3.8) is 0 Å². The minimum absolute atomic E-state index is 0.103. The highest BCUT2D eigenvalue weighted by molar-refractivity contribution is 7.80. The molecule has 2 atom stereocenters. The van der Waals surface area contributed by atoms with Crippen molar-refractivity contribution in [2.24, 2.45) is 0 Å². The van der Waals surface area contributed by atoms with E-state index in [1.165, 1.54) is 0 Å². The van der Waals surface area contributed by atoms with Crippen molar-refractivity contribution in [2.45, 2.75) is 38.5 Å². The number of hydrogen-bond donors (Lipinski definition) is 3.